The van der Waals surface area contributed by atoms with Crippen molar-refractivity contribution in [2.45, 2.75) is 45.6 Å². The molecule has 0 bridgehead atoms. The Bertz CT molecular complexity index is 1470. The first kappa shape index (κ1) is 30.8. The smallest absolute Gasteiger partial charge is 0.292 e. The first-order valence-corrected chi connectivity index (χ1v) is 14.0. The van der Waals surface area contributed by atoms with Gasteiger partial charge in [-0.25, -0.2) is 14.6 Å². The lowest BCUT2D eigenvalue weighted by Crippen LogP contribution is -2.25. The molecule has 0 saturated heterocycles. The summed E-state index contributed by atoms with van der Waals surface area (Å²) in [6, 6.07) is 5.63. The van der Waals surface area contributed by atoms with E-state index in [4.69, 9.17) is 35.2 Å². The number of oxazole rings is 1. The summed E-state index contributed by atoms with van der Waals surface area (Å²) in [7, 11) is 0. The SMILES string of the molecule is CC(=O)NCCOCCOCCOCCC(=O)CCCCCn1nc(-c2ccc3oc(N)nc3c2)c2c(N)ncnc21. The monoisotopic (exact) mass is 582 g/mol. The van der Waals surface area contributed by atoms with E-state index >= 15 is 0 Å². The van der Waals surface area contributed by atoms with Crippen LogP contribution < -0.4 is 16.8 Å². The Balaban J connectivity index is 1.12. The molecule has 4 rings (SSSR count). The lowest BCUT2D eigenvalue weighted by molar-refractivity contribution is -0.120. The summed E-state index contributed by atoms with van der Waals surface area (Å²) in [6.45, 7) is 5.17. The number of benzene rings is 1. The normalized spacial score (nSPS) is 11.5. The van der Waals surface area contributed by atoms with Crippen molar-refractivity contribution >= 4 is 45.7 Å². The standard InChI is InChI=1S/C28H38N8O6/c1-19(37)31-9-12-40-14-16-41-15-13-39-11-8-21(38)5-3-2-4-10-36-27-24(26(29)32-18-33-27)25(35-36)20-6-7-23-22(17-20)34-28(30)42-23/h6-7,17-18H,2-5,8-16H2,1H3,(H2,30,34)(H,31,37)(H2,29,32,33). The summed E-state index contributed by atoms with van der Waals surface area (Å²) in [4.78, 5) is 35.8. The van der Waals surface area contributed by atoms with Crippen molar-refractivity contribution in [2.24, 2.45) is 0 Å². The van der Waals surface area contributed by atoms with E-state index in [1.807, 2.05) is 16.8 Å². The molecule has 3 heterocycles. The number of aryl methyl sites for hydroxylation is 1. The van der Waals surface area contributed by atoms with Crippen molar-refractivity contribution in [3.05, 3.63) is 24.5 Å². The minimum atomic E-state index is -0.0762. The molecule has 0 saturated carbocycles. The maximum Gasteiger partial charge on any atom is 0.292 e. The number of nitrogens with two attached hydrogens (primary N) is 2. The highest BCUT2D eigenvalue weighted by Gasteiger charge is 2.18. The number of carbonyl (C=O) groups is 2. The summed E-state index contributed by atoms with van der Waals surface area (Å²) in [5.74, 6) is 0.456. The molecule has 14 nitrogen and oxygen atoms in total. The van der Waals surface area contributed by atoms with Gasteiger partial charge in [0.25, 0.3) is 6.01 Å². The lowest BCUT2D eigenvalue weighted by Gasteiger charge is -2.07. The van der Waals surface area contributed by atoms with Gasteiger partial charge in [0.15, 0.2) is 11.2 Å². The number of ketones is 1. The maximum absolute atomic E-state index is 12.2. The first-order chi connectivity index (χ1) is 20.4. The van der Waals surface area contributed by atoms with Crippen LogP contribution >= 0.6 is 0 Å². The van der Waals surface area contributed by atoms with Crippen molar-refractivity contribution in [3.8, 4) is 11.3 Å². The fraction of sp³-hybridized carbons (Fsp3) is 0.500. The van der Waals surface area contributed by atoms with Crippen LogP contribution in [0.1, 0.15) is 39.0 Å². The second-order valence-corrected chi connectivity index (χ2v) is 9.68. The van der Waals surface area contributed by atoms with E-state index in [-0.39, 0.29) is 17.7 Å². The molecule has 42 heavy (non-hydrogen) atoms. The number of nitrogen functional groups attached to an aromatic ring is 2. The van der Waals surface area contributed by atoms with Crippen LogP contribution in [-0.2, 0) is 30.3 Å². The van der Waals surface area contributed by atoms with Crippen molar-refractivity contribution in [1.82, 2.24) is 30.0 Å². The Morgan fingerprint density at radius 3 is 2.50 bits per heavy atom. The molecule has 14 heteroatoms. The van der Waals surface area contributed by atoms with Gasteiger partial charge in [-0.2, -0.15) is 10.1 Å². The van der Waals surface area contributed by atoms with Gasteiger partial charge in [0.05, 0.1) is 45.0 Å². The van der Waals surface area contributed by atoms with Crippen LogP contribution in [0.2, 0.25) is 0 Å². The van der Waals surface area contributed by atoms with E-state index < -0.39 is 0 Å². The summed E-state index contributed by atoms with van der Waals surface area (Å²) >= 11 is 0. The Morgan fingerprint density at radius 1 is 0.952 bits per heavy atom. The van der Waals surface area contributed by atoms with E-state index in [1.54, 1.807) is 6.07 Å². The number of nitrogens with zero attached hydrogens (tertiary/aromatic N) is 5. The van der Waals surface area contributed by atoms with Gasteiger partial charge in [0.1, 0.15) is 29.1 Å². The average Bonchev–Trinajstić information content (AvgIpc) is 3.53. The zero-order valence-electron chi connectivity index (χ0n) is 23.8. The molecular weight excluding hydrogens is 544 g/mol. The first-order valence-electron chi connectivity index (χ1n) is 14.0. The van der Waals surface area contributed by atoms with Gasteiger partial charge >= 0.3 is 0 Å². The summed E-state index contributed by atoms with van der Waals surface area (Å²) in [5.41, 5.74) is 15.3. The summed E-state index contributed by atoms with van der Waals surface area (Å²) in [5, 5.41) is 8.13. The minimum absolute atomic E-state index is 0.0762. The van der Waals surface area contributed by atoms with Crippen molar-refractivity contribution in [1.29, 1.82) is 0 Å². The third-order valence-corrected chi connectivity index (χ3v) is 6.45. The predicted molar refractivity (Wildman–Crippen MR) is 156 cm³/mol. The highest BCUT2D eigenvalue weighted by molar-refractivity contribution is 5.99. The zero-order valence-corrected chi connectivity index (χ0v) is 23.8. The number of ether oxygens (including phenoxy) is 3. The largest absolute Gasteiger partial charge is 0.424 e. The van der Waals surface area contributed by atoms with E-state index in [0.717, 1.165) is 24.8 Å². The van der Waals surface area contributed by atoms with E-state index in [2.05, 4.69) is 20.3 Å². The fourth-order valence-corrected chi connectivity index (χ4v) is 4.39. The fourth-order valence-electron chi connectivity index (χ4n) is 4.39. The summed E-state index contributed by atoms with van der Waals surface area (Å²) in [6.07, 6.45) is 4.82. The van der Waals surface area contributed by atoms with Gasteiger partial charge in [-0.3, -0.25) is 9.59 Å². The topological polar surface area (TPSA) is 196 Å². The van der Waals surface area contributed by atoms with Crippen molar-refractivity contribution in [2.75, 3.05) is 57.7 Å². The minimum Gasteiger partial charge on any atom is -0.424 e. The van der Waals surface area contributed by atoms with Crippen LogP contribution in [0.3, 0.4) is 0 Å². The number of aromatic nitrogens is 5. The van der Waals surface area contributed by atoms with Crippen molar-refractivity contribution in [3.63, 3.8) is 0 Å². The number of hydrogen-bond donors (Lipinski definition) is 3. The number of hydrogen-bond acceptors (Lipinski definition) is 12. The molecule has 5 N–H and O–H groups in total. The van der Waals surface area contributed by atoms with Gasteiger partial charge in [0, 0.05) is 38.4 Å². The van der Waals surface area contributed by atoms with Gasteiger partial charge < -0.3 is 35.4 Å². The zero-order chi connectivity index (χ0) is 29.7. The molecule has 0 aliphatic carbocycles. The maximum atomic E-state index is 12.2. The van der Waals surface area contributed by atoms with Crippen LogP contribution in [-0.4, -0.2) is 82.6 Å². The Morgan fingerprint density at radius 2 is 1.71 bits per heavy atom. The Kier molecular flexibility index (Phi) is 11.6. The Labute approximate surface area is 243 Å². The van der Waals surface area contributed by atoms with Gasteiger partial charge in [-0.1, -0.05) is 6.42 Å². The molecule has 0 spiro atoms. The van der Waals surface area contributed by atoms with E-state index in [0.29, 0.717) is 99.2 Å². The average molecular weight is 583 g/mol. The molecule has 226 valence electrons. The number of rotatable bonds is 19. The highest BCUT2D eigenvalue weighted by Crippen LogP contribution is 2.32. The molecule has 1 amide bonds. The second kappa shape index (κ2) is 15.7. The van der Waals surface area contributed by atoms with Gasteiger partial charge in [0.2, 0.25) is 5.91 Å². The highest BCUT2D eigenvalue weighted by atomic mass is 16.5. The van der Waals surface area contributed by atoms with Crippen LogP contribution in [0.15, 0.2) is 28.9 Å². The van der Waals surface area contributed by atoms with E-state index in [9.17, 15) is 9.59 Å². The number of Topliss-reactive ketones (excluding diaryl/α,β-unsaturated/α-hetero) is 1. The molecule has 0 aliphatic rings. The van der Waals surface area contributed by atoms with Crippen LogP contribution in [0.5, 0.6) is 0 Å². The number of anilines is 2. The molecule has 0 fully saturated rings. The van der Waals surface area contributed by atoms with Gasteiger partial charge in [-0.15, -0.1) is 0 Å². The molecule has 0 radical (unpaired) electrons. The molecule has 0 atom stereocenters. The number of unbranched alkanes of at least 4 members (excludes halogenated alkanes) is 2. The number of amides is 1. The molecule has 3 aromatic heterocycles. The third-order valence-electron chi connectivity index (χ3n) is 6.45. The van der Waals surface area contributed by atoms with Gasteiger partial charge in [-0.05, 0) is 31.0 Å². The number of nitrogens with one attached hydrogen (secondary N) is 1. The van der Waals surface area contributed by atoms with Crippen LogP contribution in [0.4, 0.5) is 11.8 Å². The molecule has 1 aromatic carbocycles. The predicted octanol–water partition coefficient (Wildman–Crippen LogP) is 2.50. The number of carbonyl (C=O) groups excluding carboxylic acids is 2. The van der Waals surface area contributed by atoms with Crippen molar-refractivity contribution < 1.29 is 28.2 Å². The molecule has 4 aromatic rings. The second-order valence-electron chi connectivity index (χ2n) is 9.68. The molecule has 0 aliphatic heterocycles. The lowest BCUT2D eigenvalue weighted by atomic mass is 10.1. The molecule has 0 unspecified atom stereocenters. The molecular formula is C28H38N8O6. The number of fused-ring (bicyclic) bond motifs is 2. The quantitative estimate of drug-likeness (QED) is 0.137. The van der Waals surface area contributed by atoms with E-state index in [1.165, 1.54) is 13.3 Å². The van der Waals surface area contributed by atoms with Crippen LogP contribution in [0, 0.1) is 0 Å². The Hall–Kier alpha value is -4.14. The summed E-state index contributed by atoms with van der Waals surface area (Å²) < 4.78 is 23.4. The van der Waals surface area contributed by atoms with Crippen LogP contribution in [0.25, 0.3) is 33.4 Å². The third kappa shape index (κ3) is 8.93.